The number of hydrogen-bond donors (Lipinski definition) is 1. The second kappa shape index (κ2) is 7.28. The van der Waals surface area contributed by atoms with Crippen LogP contribution in [0.3, 0.4) is 0 Å². The number of para-hydroxylation sites is 2. The Morgan fingerprint density at radius 1 is 1.04 bits per heavy atom. The Morgan fingerprint density at radius 2 is 1.62 bits per heavy atom. The van der Waals surface area contributed by atoms with Crippen LogP contribution in [0.25, 0.3) is 6.08 Å². The van der Waals surface area contributed by atoms with Gasteiger partial charge in [-0.25, -0.2) is 0 Å². The van der Waals surface area contributed by atoms with E-state index in [9.17, 15) is 4.79 Å². The molecule has 0 radical (unpaired) electrons. The average molecular weight is 318 g/mol. The van der Waals surface area contributed by atoms with Crippen LogP contribution in [0.4, 0.5) is 11.4 Å². The van der Waals surface area contributed by atoms with E-state index in [2.05, 4.69) is 10.5 Å². The number of carbonyl (C=O) groups excluding carboxylic acids is 1. The Bertz CT molecular complexity index is 785. The predicted molar refractivity (Wildman–Crippen MR) is 95.4 cm³/mol. The van der Waals surface area contributed by atoms with Gasteiger partial charge in [0.05, 0.1) is 17.6 Å². The monoisotopic (exact) mass is 318 g/mol. The van der Waals surface area contributed by atoms with Crippen molar-refractivity contribution >= 4 is 23.4 Å². The Kier molecular flexibility index (Phi) is 4.72. The summed E-state index contributed by atoms with van der Waals surface area (Å²) in [5, 5.41) is 5.83. The molecule has 1 amide bonds. The Morgan fingerprint density at radius 3 is 2.12 bits per heavy atom. The van der Waals surface area contributed by atoms with Crippen molar-refractivity contribution in [2.45, 2.75) is 0 Å². The summed E-state index contributed by atoms with van der Waals surface area (Å²) in [7, 11) is 1.84. The van der Waals surface area contributed by atoms with Crippen molar-refractivity contribution in [3.05, 3.63) is 84.7 Å². The third-order valence-electron chi connectivity index (χ3n) is 3.40. The highest BCUT2D eigenvalue weighted by atomic mass is 16.2. The van der Waals surface area contributed by atoms with Gasteiger partial charge in [0.25, 0.3) is 5.91 Å². The zero-order chi connectivity index (χ0) is 16.8. The van der Waals surface area contributed by atoms with Crippen LogP contribution < -0.4 is 10.4 Å². The van der Waals surface area contributed by atoms with Crippen molar-refractivity contribution in [1.82, 2.24) is 15.2 Å². The molecule has 0 fully saturated rings. The molecule has 1 heterocycles. The minimum Gasteiger partial charge on any atom is -0.275 e. The fourth-order valence-corrected chi connectivity index (χ4v) is 2.28. The molecule has 2 aromatic carbocycles. The van der Waals surface area contributed by atoms with Crippen LogP contribution in [-0.4, -0.2) is 15.7 Å². The molecule has 0 atom stereocenters. The topological polar surface area (TPSA) is 50.2 Å². The number of amides is 1. The lowest BCUT2D eigenvalue weighted by atomic mass is 10.2. The highest BCUT2D eigenvalue weighted by Gasteiger charge is 2.10. The van der Waals surface area contributed by atoms with Crippen molar-refractivity contribution in [3.8, 4) is 0 Å². The number of aryl methyl sites for hydroxylation is 1. The standard InChI is InChI=1S/C19H18N4O/c1-22-15-16(14-20-22)12-13-19(24)21-23(17-8-4-2-5-9-17)18-10-6-3-7-11-18/h2-15H,1H3,(H,21,24)/b13-12-. The van der Waals surface area contributed by atoms with Gasteiger partial charge in [0, 0.05) is 24.9 Å². The maximum atomic E-state index is 12.3. The van der Waals surface area contributed by atoms with Gasteiger partial charge in [-0.1, -0.05) is 36.4 Å². The smallest absolute Gasteiger partial charge is 0.262 e. The largest absolute Gasteiger partial charge is 0.275 e. The molecule has 5 heteroatoms. The molecular formula is C19H18N4O. The molecule has 1 aromatic heterocycles. The molecule has 3 rings (SSSR count). The number of anilines is 2. The van der Waals surface area contributed by atoms with Gasteiger partial charge >= 0.3 is 0 Å². The van der Waals surface area contributed by atoms with Crippen molar-refractivity contribution in [2.24, 2.45) is 7.05 Å². The number of nitrogens with one attached hydrogen (secondary N) is 1. The molecule has 0 saturated heterocycles. The molecule has 0 unspecified atom stereocenters. The van der Waals surface area contributed by atoms with Gasteiger partial charge in [-0.2, -0.15) is 5.10 Å². The molecule has 5 nitrogen and oxygen atoms in total. The highest BCUT2D eigenvalue weighted by molar-refractivity contribution is 5.93. The maximum Gasteiger partial charge on any atom is 0.262 e. The summed E-state index contributed by atoms with van der Waals surface area (Å²) in [6.45, 7) is 0. The number of hydrazine groups is 1. The minimum absolute atomic E-state index is 0.216. The molecule has 0 bridgehead atoms. The summed E-state index contributed by atoms with van der Waals surface area (Å²) in [5.74, 6) is -0.216. The third-order valence-corrected chi connectivity index (χ3v) is 3.40. The number of aromatic nitrogens is 2. The van der Waals surface area contributed by atoms with Gasteiger partial charge < -0.3 is 0 Å². The summed E-state index contributed by atoms with van der Waals surface area (Å²) in [6, 6.07) is 19.4. The lowest BCUT2D eigenvalue weighted by molar-refractivity contribution is -0.116. The first-order chi connectivity index (χ1) is 11.7. The molecule has 0 aliphatic carbocycles. The Labute approximate surface area is 140 Å². The van der Waals surface area contributed by atoms with E-state index < -0.39 is 0 Å². The first kappa shape index (κ1) is 15.6. The van der Waals surface area contributed by atoms with Crippen molar-refractivity contribution in [3.63, 3.8) is 0 Å². The van der Waals surface area contributed by atoms with E-state index in [-0.39, 0.29) is 5.91 Å². The van der Waals surface area contributed by atoms with Gasteiger partial charge in [-0.15, -0.1) is 0 Å². The minimum atomic E-state index is -0.216. The van der Waals surface area contributed by atoms with Gasteiger partial charge in [0.15, 0.2) is 0 Å². The number of rotatable bonds is 5. The molecule has 0 saturated carbocycles. The zero-order valence-electron chi connectivity index (χ0n) is 13.3. The van der Waals surface area contributed by atoms with Gasteiger partial charge in [-0.3, -0.25) is 19.9 Å². The molecule has 1 N–H and O–H groups in total. The third kappa shape index (κ3) is 3.89. The second-order valence-electron chi connectivity index (χ2n) is 5.26. The van der Waals surface area contributed by atoms with Crippen molar-refractivity contribution in [1.29, 1.82) is 0 Å². The number of hydrogen-bond acceptors (Lipinski definition) is 3. The van der Waals surface area contributed by atoms with Crippen LogP contribution in [0.1, 0.15) is 5.56 Å². The molecule has 24 heavy (non-hydrogen) atoms. The maximum absolute atomic E-state index is 12.3. The number of nitrogens with zero attached hydrogens (tertiary/aromatic N) is 3. The lowest BCUT2D eigenvalue weighted by Gasteiger charge is -2.24. The quantitative estimate of drug-likeness (QED) is 0.580. The normalized spacial score (nSPS) is 10.7. The average Bonchev–Trinajstić information content (AvgIpc) is 3.05. The van der Waals surface area contributed by atoms with E-state index in [1.54, 1.807) is 22.0 Å². The SMILES string of the molecule is Cn1cc(/C=C\C(=O)NN(c2ccccc2)c2ccccc2)cn1. The second-order valence-corrected chi connectivity index (χ2v) is 5.26. The first-order valence-electron chi connectivity index (χ1n) is 7.60. The summed E-state index contributed by atoms with van der Waals surface area (Å²) >= 11 is 0. The molecule has 0 aliphatic heterocycles. The number of carbonyl (C=O) groups is 1. The van der Waals surface area contributed by atoms with E-state index >= 15 is 0 Å². The fourth-order valence-electron chi connectivity index (χ4n) is 2.28. The van der Waals surface area contributed by atoms with Crippen LogP contribution >= 0.6 is 0 Å². The fraction of sp³-hybridized carbons (Fsp3) is 0.0526. The van der Waals surface area contributed by atoms with E-state index in [1.807, 2.05) is 73.9 Å². The summed E-state index contributed by atoms with van der Waals surface area (Å²) in [6.07, 6.45) is 6.78. The highest BCUT2D eigenvalue weighted by Crippen LogP contribution is 2.22. The van der Waals surface area contributed by atoms with E-state index in [4.69, 9.17) is 0 Å². The van der Waals surface area contributed by atoms with E-state index in [1.165, 1.54) is 6.08 Å². The molecule has 0 spiro atoms. The van der Waals surface area contributed by atoms with Gasteiger partial charge in [-0.05, 0) is 30.3 Å². The predicted octanol–water partition coefficient (Wildman–Crippen LogP) is 3.30. The molecular weight excluding hydrogens is 300 g/mol. The Hall–Kier alpha value is -3.34. The van der Waals surface area contributed by atoms with Crippen LogP contribution in [0.2, 0.25) is 0 Å². The van der Waals surface area contributed by atoms with Crippen LogP contribution in [0, 0.1) is 0 Å². The molecule has 0 aliphatic rings. The summed E-state index contributed by atoms with van der Waals surface area (Å²) in [4.78, 5) is 12.3. The van der Waals surface area contributed by atoms with Gasteiger partial charge in [0.1, 0.15) is 0 Å². The van der Waals surface area contributed by atoms with E-state index in [0.717, 1.165) is 16.9 Å². The van der Waals surface area contributed by atoms with E-state index in [0.29, 0.717) is 0 Å². The van der Waals surface area contributed by atoms with Crippen molar-refractivity contribution in [2.75, 3.05) is 5.01 Å². The van der Waals surface area contributed by atoms with Crippen molar-refractivity contribution < 1.29 is 4.79 Å². The van der Waals surface area contributed by atoms with Crippen LogP contribution in [-0.2, 0) is 11.8 Å². The zero-order valence-corrected chi connectivity index (χ0v) is 13.3. The van der Waals surface area contributed by atoms with Gasteiger partial charge in [0.2, 0.25) is 0 Å². The molecule has 120 valence electrons. The lowest BCUT2D eigenvalue weighted by Crippen LogP contribution is -2.37. The summed E-state index contributed by atoms with van der Waals surface area (Å²) in [5.41, 5.74) is 5.54. The first-order valence-corrected chi connectivity index (χ1v) is 7.60. The van der Waals surface area contributed by atoms with Crippen LogP contribution in [0.5, 0.6) is 0 Å². The van der Waals surface area contributed by atoms with Crippen LogP contribution in [0.15, 0.2) is 79.1 Å². The molecule has 3 aromatic rings. The number of benzene rings is 2. The Balaban J connectivity index is 1.79. The summed E-state index contributed by atoms with van der Waals surface area (Å²) < 4.78 is 1.69.